The fourth-order valence-corrected chi connectivity index (χ4v) is 2.01. The molecule has 6 nitrogen and oxygen atoms in total. The molecule has 6 heteroatoms. The minimum atomic E-state index is -0.807. The van der Waals surface area contributed by atoms with Crippen molar-refractivity contribution in [3.05, 3.63) is 24.2 Å². The van der Waals surface area contributed by atoms with Crippen molar-refractivity contribution in [1.29, 1.82) is 0 Å². The van der Waals surface area contributed by atoms with Crippen LogP contribution in [0, 0.1) is 0 Å². The van der Waals surface area contributed by atoms with Gasteiger partial charge in [-0.3, -0.25) is 4.79 Å². The lowest BCUT2D eigenvalue weighted by Gasteiger charge is -2.17. The molecule has 2 atom stereocenters. The average molecular weight is 296 g/mol. The molecule has 0 saturated heterocycles. The van der Waals surface area contributed by atoms with Gasteiger partial charge in [0.25, 0.3) is 0 Å². The van der Waals surface area contributed by atoms with E-state index in [1.165, 1.54) is 0 Å². The summed E-state index contributed by atoms with van der Waals surface area (Å²) in [6, 6.07) is 3.55. The Balaban J connectivity index is 2.15. The third-order valence-corrected chi connectivity index (χ3v) is 3.19. The second-order valence-corrected chi connectivity index (χ2v) is 5.32. The Morgan fingerprint density at radius 2 is 1.90 bits per heavy atom. The number of carbonyl (C=O) groups is 2. The first-order valence-electron chi connectivity index (χ1n) is 7.28. The van der Waals surface area contributed by atoms with E-state index in [2.05, 4.69) is 10.6 Å². The Hall–Kier alpha value is -1.98. The zero-order valence-corrected chi connectivity index (χ0v) is 12.6. The van der Waals surface area contributed by atoms with E-state index in [0.29, 0.717) is 12.8 Å². The highest BCUT2D eigenvalue weighted by atomic mass is 16.4. The number of furan rings is 1. The number of carbonyl (C=O) groups excluding carboxylic acids is 1. The highest BCUT2D eigenvalue weighted by Gasteiger charge is 2.11. The first-order chi connectivity index (χ1) is 9.97. The van der Waals surface area contributed by atoms with Gasteiger partial charge in [0, 0.05) is 24.9 Å². The van der Waals surface area contributed by atoms with Gasteiger partial charge in [-0.15, -0.1) is 0 Å². The Labute approximate surface area is 124 Å². The van der Waals surface area contributed by atoms with Crippen LogP contribution in [0.3, 0.4) is 0 Å². The van der Waals surface area contributed by atoms with E-state index >= 15 is 0 Å². The number of urea groups is 1. The summed E-state index contributed by atoms with van der Waals surface area (Å²) >= 11 is 0. The highest BCUT2D eigenvalue weighted by Crippen LogP contribution is 2.06. The molecule has 118 valence electrons. The summed E-state index contributed by atoms with van der Waals surface area (Å²) in [7, 11) is 0. The third-order valence-electron chi connectivity index (χ3n) is 3.19. The molecular formula is C15H24N2O4. The van der Waals surface area contributed by atoms with Crippen LogP contribution in [0.2, 0.25) is 0 Å². The van der Waals surface area contributed by atoms with E-state index in [-0.39, 0.29) is 24.5 Å². The number of hydrogen-bond acceptors (Lipinski definition) is 3. The molecule has 1 aromatic heterocycles. The van der Waals surface area contributed by atoms with E-state index in [4.69, 9.17) is 9.52 Å². The topological polar surface area (TPSA) is 91.6 Å². The van der Waals surface area contributed by atoms with Gasteiger partial charge in [0.1, 0.15) is 5.76 Å². The minimum absolute atomic E-state index is 0.0402. The number of aryl methyl sites for hydroxylation is 1. The number of amides is 2. The second-order valence-electron chi connectivity index (χ2n) is 5.32. The third kappa shape index (κ3) is 8.02. The van der Waals surface area contributed by atoms with E-state index in [1.807, 2.05) is 26.0 Å². The summed E-state index contributed by atoms with van der Waals surface area (Å²) in [5, 5.41) is 14.2. The van der Waals surface area contributed by atoms with Crippen molar-refractivity contribution in [1.82, 2.24) is 10.6 Å². The van der Waals surface area contributed by atoms with Crippen molar-refractivity contribution in [2.75, 3.05) is 0 Å². The number of hydrogen-bond donors (Lipinski definition) is 3. The summed E-state index contributed by atoms with van der Waals surface area (Å²) < 4.78 is 5.24. The van der Waals surface area contributed by atoms with Gasteiger partial charge in [-0.1, -0.05) is 0 Å². The van der Waals surface area contributed by atoms with Crippen molar-refractivity contribution in [3.63, 3.8) is 0 Å². The predicted octanol–water partition coefficient (Wildman–Crippen LogP) is 2.54. The lowest BCUT2D eigenvalue weighted by molar-refractivity contribution is -0.137. The number of aliphatic carboxylic acids is 1. The van der Waals surface area contributed by atoms with Crippen LogP contribution >= 0.6 is 0 Å². The van der Waals surface area contributed by atoms with Crippen LogP contribution in [-0.4, -0.2) is 29.2 Å². The largest absolute Gasteiger partial charge is 0.481 e. The molecule has 2 amide bonds. The lowest BCUT2D eigenvalue weighted by atomic mass is 10.1. The number of carboxylic acid groups (broad SMARTS) is 1. The van der Waals surface area contributed by atoms with Crippen LogP contribution in [0.4, 0.5) is 4.79 Å². The Morgan fingerprint density at radius 3 is 2.48 bits per heavy atom. The first kappa shape index (κ1) is 17.1. The zero-order chi connectivity index (χ0) is 15.7. The van der Waals surface area contributed by atoms with Crippen LogP contribution < -0.4 is 10.6 Å². The van der Waals surface area contributed by atoms with Gasteiger partial charge in [0.15, 0.2) is 0 Å². The first-order valence-corrected chi connectivity index (χ1v) is 7.28. The van der Waals surface area contributed by atoms with Crippen LogP contribution in [0.25, 0.3) is 0 Å². The molecule has 2 unspecified atom stereocenters. The highest BCUT2D eigenvalue weighted by molar-refractivity contribution is 5.74. The fraction of sp³-hybridized carbons (Fsp3) is 0.600. The smallest absolute Gasteiger partial charge is 0.315 e. The predicted molar refractivity (Wildman–Crippen MR) is 79.1 cm³/mol. The van der Waals surface area contributed by atoms with Crippen molar-refractivity contribution < 1.29 is 19.1 Å². The fourth-order valence-electron chi connectivity index (χ4n) is 2.01. The van der Waals surface area contributed by atoms with Gasteiger partial charge in [0.2, 0.25) is 0 Å². The van der Waals surface area contributed by atoms with Gasteiger partial charge in [0.05, 0.1) is 6.26 Å². The van der Waals surface area contributed by atoms with Gasteiger partial charge < -0.3 is 20.2 Å². The molecule has 0 aliphatic rings. The molecule has 0 aliphatic carbocycles. The molecule has 1 aromatic rings. The van der Waals surface area contributed by atoms with E-state index in [1.54, 1.807) is 6.26 Å². The molecule has 3 N–H and O–H groups in total. The summed E-state index contributed by atoms with van der Waals surface area (Å²) in [5.41, 5.74) is 0. The minimum Gasteiger partial charge on any atom is -0.481 e. The molecule has 0 aromatic carbocycles. The van der Waals surface area contributed by atoms with Gasteiger partial charge in [-0.2, -0.15) is 0 Å². The van der Waals surface area contributed by atoms with E-state index in [9.17, 15) is 9.59 Å². The molecule has 0 spiro atoms. The van der Waals surface area contributed by atoms with Crippen molar-refractivity contribution in [2.24, 2.45) is 0 Å². The maximum absolute atomic E-state index is 11.8. The van der Waals surface area contributed by atoms with Crippen molar-refractivity contribution >= 4 is 12.0 Å². The summed E-state index contributed by atoms with van der Waals surface area (Å²) in [6.07, 6.45) is 4.56. The number of rotatable bonds is 9. The average Bonchev–Trinajstić information content (AvgIpc) is 2.88. The van der Waals surface area contributed by atoms with Gasteiger partial charge in [-0.05, 0) is 45.2 Å². The van der Waals surface area contributed by atoms with Crippen molar-refractivity contribution in [2.45, 2.75) is 58.0 Å². The number of carboxylic acids is 1. The molecule has 0 fully saturated rings. The Kier molecular flexibility index (Phi) is 7.36. The van der Waals surface area contributed by atoms with Gasteiger partial charge in [-0.25, -0.2) is 4.79 Å². The SMILES string of the molecule is CC(CCCC(=O)O)NC(=O)NC(C)CCc1ccco1. The Bertz CT molecular complexity index is 431. The molecule has 1 rings (SSSR count). The zero-order valence-electron chi connectivity index (χ0n) is 12.6. The molecule has 0 aliphatic heterocycles. The quantitative estimate of drug-likeness (QED) is 0.653. The monoisotopic (exact) mass is 296 g/mol. The summed E-state index contributed by atoms with van der Waals surface area (Å²) in [5.74, 6) is 0.101. The molecule has 0 bridgehead atoms. The molecule has 21 heavy (non-hydrogen) atoms. The van der Waals surface area contributed by atoms with Gasteiger partial charge >= 0.3 is 12.0 Å². The molecular weight excluding hydrogens is 272 g/mol. The summed E-state index contributed by atoms with van der Waals surface area (Å²) in [6.45, 7) is 3.81. The summed E-state index contributed by atoms with van der Waals surface area (Å²) in [4.78, 5) is 22.2. The van der Waals surface area contributed by atoms with Crippen LogP contribution in [0.5, 0.6) is 0 Å². The lowest BCUT2D eigenvalue weighted by Crippen LogP contribution is -2.44. The maximum atomic E-state index is 11.8. The second kappa shape index (κ2) is 9.05. The van der Waals surface area contributed by atoms with E-state index in [0.717, 1.165) is 18.6 Å². The van der Waals surface area contributed by atoms with Crippen LogP contribution in [0.15, 0.2) is 22.8 Å². The van der Waals surface area contributed by atoms with Crippen LogP contribution in [-0.2, 0) is 11.2 Å². The molecule has 1 heterocycles. The van der Waals surface area contributed by atoms with Crippen molar-refractivity contribution in [3.8, 4) is 0 Å². The molecule has 0 saturated carbocycles. The van der Waals surface area contributed by atoms with Crippen LogP contribution in [0.1, 0.15) is 45.3 Å². The Morgan fingerprint density at radius 1 is 1.24 bits per heavy atom. The van der Waals surface area contributed by atoms with E-state index < -0.39 is 5.97 Å². The maximum Gasteiger partial charge on any atom is 0.315 e. The standard InChI is InChI=1S/C15H24N2O4/c1-11(5-3-7-14(18)19)16-15(20)17-12(2)8-9-13-6-4-10-21-13/h4,6,10-12H,3,5,7-9H2,1-2H3,(H,18,19)(H2,16,17,20). The number of nitrogens with one attached hydrogen (secondary N) is 2. The normalized spacial score (nSPS) is 13.4. The molecule has 0 radical (unpaired) electrons.